The zero-order valence-corrected chi connectivity index (χ0v) is 7.56. The molecule has 0 bridgehead atoms. The summed E-state index contributed by atoms with van der Waals surface area (Å²) in [5.74, 6) is 0. The first-order valence-corrected chi connectivity index (χ1v) is 5.52. The van der Waals surface area contributed by atoms with Crippen molar-refractivity contribution in [2.24, 2.45) is 0 Å². The lowest BCUT2D eigenvalue weighted by Crippen LogP contribution is -2.14. The molecule has 0 aliphatic carbocycles. The summed E-state index contributed by atoms with van der Waals surface area (Å²) in [6.45, 7) is 2.44. The first kappa shape index (κ1) is 9.00. The predicted octanol–water partition coefficient (Wildman–Crippen LogP) is 1.30. The van der Waals surface area contributed by atoms with E-state index in [4.69, 9.17) is 0 Å². The minimum absolute atomic E-state index is 0.220. The van der Waals surface area contributed by atoms with Crippen LogP contribution < -0.4 is 0 Å². The van der Waals surface area contributed by atoms with E-state index in [1.165, 1.54) is 0 Å². The van der Waals surface area contributed by atoms with Gasteiger partial charge in [0.2, 0.25) is 0 Å². The molecule has 0 spiro atoms. The molecule has 1 aliphatic rings. The van der Waals surface area contributed by atoms with Crippen LogP contribution in [0.5, 0.6) is 0 Å². The summed E-state index contributed by atoms with van der Waals surface area (Å²) >= 11 is 0. The quantitative estimate of drug-likeness (QED) is 0.612. The summed E-state index contributed by atoms with van der Waals surface area (Å²) in [5.41, 5.74) is 0. The second kappa shape index (κ2) is 3.54. The van der Waals surface area contributed by atoms with Gasteiger partial charge in [-0.25, -0.2) is 0 Å². The molecular weight excluding hydrogens is 164 g/mol. The third-order valence-corrected chi connectivity index (χ3v) is 3.76. The fourth-order valence-corrected chi connectivity index (χ4v) is 2.62. The maximum Gasteiger partial charge on any atom is 0.270 e. The third-order valence-electron chi connectivity index (χ3n) is 1.98. The molecule has 3 nitrogen and oxygen atoms in total. The van der Waals surface area contributed by atoms with Crippen LogP contribution in [0.3, 0.4) is 0 Å². The molecule has 1 fully saturated rings. The Bertz CT molecular complexity index is 208. The fourth-order valence-electron chi connectivity index (χ4n) is 1.26. The van der Waals surface area contributed by atoms with Crippen LogP contribution in [0.1, 0.15) is 32.6 Å². The van der Waals surface area contributed by atoms with Gasteiger partial charge in [-0.05, 0) is 12.8 Å². The van der Waals surface area contributed by atoms with Crippen LogP contribution >= 0.6 is 0 Å². The number of hydrogen-bond acceptors (Lipinski definition) is 3. The minimum atomic E-state index is -3.16. The van der Waals surface area contributed by atoms with Crippen LogP contribution in [0.25, 0.3) is 0 Å². The molecule has 1 heterocycles. The van der Waals surface area contributed by atoms with E-state index in [2.05, 4.69) is 11.1 Å². The van der Waals surface area contributed by atoms with Crippen LogP contribution in [-0.4, -0.2) is 20.3 Å². The van der Waals surface area contributed by atoms with Crippen molar-refractivity contribution in [1.29, 1.82) is 0 Å². The van der Waals surface area contributed by atoms with Crippen LogP contribution in [0, 0.1) is 0 Å². The molecule has 0 N–H and O–H groups in total. The smallest absolute Gasteiger partial charge is 0.270 e. The summed E-state index contributed by atoms with van der Waals surface area (Å²) in [6, 6.07) is 0. The Morgan fingerprint density at radius 1 is 1.55 bits per heavy atom. The fraction of sp³-hybridized carbons (Fsp3) is 1.00. The highest BCUT2D eigenvalue weighted by Gasteiger charge is 2.31. The van der Waals surface area contributed by atoms with E-state index in [0.29, 0.717) is 13.0 Å². The maximum atomic E-state index is 11.0. The molecule has 0 saturated carbocycles. The van der Waals surface area contributed by atoms with Gasteiger partial charge >= 0.3 is 0 Å². The number of hydrogen-bond donors (Lipinski definition) is 0. The molecule has 0 aromatic rings. The summed E-state index contributed by atoms with van der Waals surface area (Å²) in [7, 11) is -3.16. The summed E-state index contributed by atoms with van der Waals surface area (Å²) < 4.78 is 26.7. The Labute approximate surface area is 67.9 Å². The Morgan fingerprint density at radius 3 is 2.73 bits per heavy atom. The van der Waals surface area contributed by atoms with Gasteiger partial charge in [0.1, 0.15) is 0 Å². The summed E-state index contributed by atoms with van der Waals surface area (Å²) in [5, 5.41) is -0.220. The first-order chi connectivity index (χ1) is 5.17. The van der Waals surface area contributed by atoms with E-state index in [1.54, 1.807) is 0 Å². The van der Waals surface area contributed by atoms with Gasteiger partial charge in [0.15, 0.2) is 0 Å². The molecule has 0 radical (unpaired) electrons. The van der Waals surface area contributed by atoms with Gasteiger partial charge in [0.05, 0.1) is 11.9 Å². The van der Waals surface area contributed by atoms with Gasteiger partial charge in [-0.1, -0.05) is 19.8 Å². The summed E-state index contributed by atoms with van der Waals surface area (Å²) in [6.07, 6.45) is 3.47. The van der Waals surface area contributed by atoms with Gasteiger partial charge in [0.25, 0.3) is 10.1 Å². The number of unbranched alkanes of at least 4 members (excludes halogenated alkanes) is 1. The maximum absolute atomic E-state index is 11.0. The van der Waals surface area contributed by atoms with Crippen LogP contribution in [0.4, 0.5) is 0 Å². The van der Waals surface area contributed by atoms with E-state index >= 15 is 0 Å². The molecule has 1 saturated heterocycles. The van der Waals surface area contributed by atoms with E-state index in [-0.39, 0.29) is 5.25 Å². The van der Waals surface area contributed by atoms with Crippen LogP contribution in [0.15, 0.2) is 0 Å². The average Bonchev–Trinajstić information content (AvgIpc) is 2.25. The predicted molar refractivity (Wildman–Crippen MR) is 42.8 cm³/mol. The molecule has 0 amide bonds. The van der Waals surface area contributed by atoms with Gasteiger partial charge in [-0.3, -0.25) is 4.18 Å². The second-order valence-corrected chi connectivity index (χ2v) is 4.76. The Kier molecular flexibility index (Phi) is 2.90. The Balaban J connectivity index is 2.45. The highest BCUT2D eigenvalue weighted by Crippen LogP contribution is 2.22. The van der Waals surface area contributed by atoms with Crippen molar-refractivity contribution >= 4 is 10.1 Å². The van der Waals surface area contributed by atoms with Crippen molar-refractivity contribution in [3.63, 3.8) is 0 Å². The van der Waals surface area contributed by atoms with E-state index in [1.807, 2.05) is 0 Å². The molecular formula is C7H14O3S. The molecule has 0 aromatic heterocycles. The molecule has 4 heteroatoms. The molecule has 11 heavy (non-hydrogen) atoms. The van der Waals surface area contributed by atoms with Crippen molar-refractivity contribution in [2.75, 3.05) is 6.61 Å². The monoisotopic (exact) mass is 178 g/mol. The van der Waals surface area contributed by atoms with Gasteiger partial charge in [0, 0.05) is 0 Å². The highest BCUT2D eigenvalue weighted by atomic mass is 32.2. The molecule has 0 aromatic carbocycles. The number of rotatable bonds is 3. The van der Waals surface area contributed by atoms with Gasteiger partial charge in [-0.15, -0.1) is 0 Å². The normalized spacial score (nSPS) is 29.0. The molecule has 1 aliphatic heterocycles. The van der Waals surface area contributed by atoms with Crippen molar-refractivity contribution in [3.05, 3.63) is 0 Å². The Hall–Kier alpha value is -0.0900. The SMILES string of the molecule is CCCCC1CCOS1(=O)=O. The minimum Gasteiger partial charge on any atom is -0.270 e. The van der Waals surface area contributed by atoms with Crippen LogP contribution in [0.2, 0.25) is 0 Å². The lowest BCUT2D eigenvalue weighted by molar-refractivity contribution is 0.354. The van der Waals surface area contributed by atoms with Crippen molar-refractivity contribution < 1.29 is 12.6 Å². The Morgan fingerprint density at radius 2 is 2.27 bits per heavy atom. The second-order valence-electron chi connectivity index (χ2n) is 2.87. The third kappa shape index (κ3) is 2.17. The molecule has 1 rings (SSSR count). The van der Waals surface area contributed by atoms with E-state index in [0.717, 1.165) is 19.3 Å². The topological polar surface area (TPSA) is 43.4 Å². The first-order valence-electron chi connectivity index (χ1n) is 4.05. The zero-order chi connectivity index (χ0) is 8.32. The van der Waals surface area contributed by atoms with E-state index < -0.39 is 10.1 Å². The molecule has 66 valence electrons. The van der Waals surface area contributed by atoms with Crippen molar-refractivity contribution in [2.45, 2.75) is 37.9 Å². The highest BCUT2D eigenvalue weighted by molar-refractivity contribution is 7.87. The average molecular weight is 178 g/mol. The van der Waals surface area contributed by atoms with Crippen LogP contribution in [-0.2, 0) is 14.3 Å². The molecule has 1 atom stereocenters. The van der Waals surface area contributed by atoms with Crippen molar-refractivity contribution in [1.82, 2.24) is 0 Å². The standard InChI is InChI=1S/C7H14O3S/c1-2-3-4-7-5-6-10-11(7,8)9/h7H,2-6H2,1H3. The van der Waals surface area contributed by atoms with Crippen molar-refractivity contribution in [3.8, 4) is 0 Å². The lowest BCUT2D eigenvalue weighted by atomic mass is 10.1. The summed E-state index contributed by atoms with van der Waals surface area (Å²) in [4.78, 5) is 0. The zero-order valence-electron chi connectivity index (χ0n) is 6.75. The van der Waals surface area contributed by atoms with Gasteiger partial charge < -0.3 is 0 Å². The lowest BCUT2D eigenvalue weighted by Gasteiger charge is -2.04. The largest absolute Gasteiger partial charge is 0.270 e. The molecule has 1 unspecified atom stereocenters. The van der Waals surface area contributed by atoms with Gasteiger partial charge in [-0.2, -0.15) is 8.42 Å². The van der Waals surface area contributed by atoms with E-state index in [9.17, 15) is 8.42 Å².